The molecule has 138 valence electrons. The molecule has 0 aromatic heterocycles. The zero-order chi connectivity index (χ0) is 18.1. The van der Waals surface area contributed by atoms with Crippen molar-refractivity contribution in [1.82, 2.24) is 9.80 Å². The smallest absolute Gasteiger partial charge is 0.254 e. The van der Waals surface area contributed by atoms with Gasteiger partial charge in [-0.1, -0.05) is 12.1 Å². The first kappa shape index (κ1) is 18.1. The summed E-state index contributed by atoms with van der Waals surface area (Å²) in [7, 11) is 1.61. The van der Waals surface area contributed by atoms with E-state index in [9.17, 15) is 14.3 Å². The molecule has 2 unspecified atom stereocenters. The predicted octanol–water partition coefficient (Wildman–Crippen LogP) is 2.38. The quantitative estimate of drug-likeness (QED) is 0.829. The number of carbonyl (C=O) groups is 1. The number of likely N-dealkylation sites (tertiary alicyclic amines) is 2. The van der Waals surface area contributed by atoms with Crippen molar-refractivity contribution in [1.29, 1.82) is 0 Å². The highest BCUT2D eigenvalue weighted by Gasteiger charge is 2.52. The third-order valence-corrected chi connectivity index (χ3v) is 5.52. The van der Waals surface area contributed by atoms with E-state index in [4.69, 9.17) is 4.74 Å². The summed E-state index contributed by atoms with van der Waals surface area (Å²) < 4.78 is 18.9. The first-order valence-electron chi connectivity index (χ1n) is 8.97. The van der Waals surface area contributed by atoms with Crippen molar-refractivity contribution in [2.24, 2.45) is 5.92 Å². The lowest BCUT2D eigenvalue weighted by Gasteiger charge is -2.53. The van der Waals surface area contributed by atoms with Gasteiger partial charge >= 0.3 is 0 Å². The van der Waals surface area contributed by atoms with Gasteiger partial charge in [0.05, 0.1) is 6.04 Å². The van der Waals surface area contributed by atoms with E-state index < -0.39 is 5.82 Å². The summed E-state index contributed by atoms with van der Waals surface area (Å²) in [5.74, 6) is -0.312. The first-order valence-corrected chi connectivity index (χ1v) is 8.97. The maximum Gasteiger partial charge on any atom is 0.254 e. The van der Waals surface area contributed by atoms with Gasteiger partial charge in [-0.25, -0.2) is 4.39 Å². The van der Waals surface area contributed by atoms with Crippen LogP contribution in [0.15, 0.2) is 18.2 Å². The van der Waals surface area contributed by atoms with Crippen LogP contribution in [0, 0.1) is 11.7 Å². The maximum absolute atomic E-state index is 13.5. The van der Waals surface area contributed by atoms with Crippen LogP contribution in [0.4, 0.5) is 4.39 Å². The number of β-lactam (4-membered cyclic amide) rings is 1. The highest BCUT2D eigenvalue weighted by molar-refractivity contribution is 5.88. The molecule has 2 aliphatic heterocycles. The number of carbonyl (C=O) groups excluding carboxylic acids is 1. The Bertz CT molecular complexity index is 629. The van der Waals surface area contributed by atoms with E-state index in [0.717, 1.165) is 25.9 Å². The molecule has 1 amide bonds. The average molecular weight is 350 g/mol. The third-order valence-electron chi connectivity index (χ3n) is 5.52. The molecule has 2 saturated heterocycles. The Morgan fingerprint density at radius 3 is 2.60 bits per heavy atom. The lowest BCUT2D eigenvalue weighted by Crippen LogP contribution is -2.70. The Labute approximate surface area is 148 Å². The summed E-state index contributed by atoms with van der Waals surface area (Å²) in [6.07, 6.45) is 1.63. The van der Waals surface area contributed by atoms with Crippen LogP contribution in [0.5, 0.6) is 5.75 Å². The zero-order valence-electron chi connectivity index (χ0n) is 15.1. The van der Waals surface area contributed by atoms with Crippen LogP contribution < -0.4 is 0 Å². The van der Waals surface area contributed by atoms with Crippen LogP contribution in [-0.4, -0.2) is 59.2 Å². The van der Waals surface area contributed by atoms with E-state index in [1.807, 2.05) is 18.7 Å². The van der Waals surface area contributed by atoms with Crippen molar-refractivity contribution in [3.63, 3.8) is 0 Å². The Hall–Kier alpha value is -1.66. The number of hydrogen-bond acceptors (Lipinski definition) is 4. The minimum atomic E-state index is -0.573. The van der Waals surface area contributed by atoms with E-state index in [2.05, 4.69) is 4.90 Å². The molecule has 0 bridgehead atoms. The molecule has 2 atom stereocenters. The molecule has 2 aliphatic rings. The molecule has 1 aromatic carbocycles. The molecular weight excluding hydrogens is 323 g/mol. The third kappa shape index (κ3) is 3.37. The number of ether oxygens (including phenoxy) is 1. The van der Waals surface area contributed by atoms with Crippen LogP contribution >= 0.6 is 0 Å². The van der Waals surface area contributed by atoms with Gasteiger partial charge < -0.3 is 14.7 Å². The van der Waals surface area contributed by atoms with Gasteiger partial charge in [0.2, 0.25) is 0 Å². The van der Waals surface area contributed by atoms with E-state index in [1.54, 1.807) is 19.2 Å². The predicted molar refractivity (Wildman–Crippen MR) is 92.6 cm³/mol. The molecule has 6 heteroatoms. The second-order valence-corrected chi connectivity index (χ2v) is 7.35. The topological polar surface area (TPSA) is 53.0 Å². The van der Waals surface area contributed by atoms with Crippen molar-refractivity contribution in [2.75, 3.05) is 20.2 Å². The minimum Gasteiger partial charge on any atom is -0.505 e. The summed E-state index contributed by atoms with van der Waals surface area (Å²) in [5.41, 5.74) is 0.621. The molecule has 1 aromatic rings. The number of amides is 1. The number of phenols is 1. The van der Waals surface area contributed by atoms with E-state index in [1.165, 1.54) is 6.07 Å². The highest BCUT2D eigenvalue weighted by Crippen LogP contribution is 2.36. The van der Waals surface area contributed by atoms with Gasteiger partial charge in [-0.2, -0.15) is 0 Å². The van der Waals surface area contributed by atoms with E-state index in [-0.39, 0.29) is 29.8 Å². The SMILES string of the molecule is COC1C(=O)N(C(C)C)C1C1CCN(Cc2cccc(F)c2O)CC1. The molecule has 5 nitrogen and oxygen atoms in total. The first-order chi connectivity index (χ1) is 11.9. The number of aromatic hydroxyl groups is 1. The van der Waals surface area contributed by atoms with Crippen molar-refractivity contribution in [3.05, 3.63) is 29.6 Å². The van der Waals surface area contributed by atoms with Gasteiger partial charge in [-0.3, -0.25) is 9.69 Å². The fourth-order valence-corrected chi connectivity index (χ4v) is 4.20. The number of rotatable bonds is 5. The lowest BCUT2D eigenvalue weighted by atomic mass is 9.79. The highest BCUT2D eigenvalue weighted by atomic mass is 19.1. The Kier molecular flexibility index (Phi) is 5.29. The van der Waals surface area contributed by atoms with Crippen molar-refractivity contribution in [3.8, 4) is 5.75 Å². The molecule has 25 heavy (non-hydrogen) atoms. The standard InChI is InChI=1S/C19H27FN2O3/c1-12(2)22-16(18(25-3)19(22)24)13-7-9-21(10-8-13)11-14-5-4-6-15(20)17(14)23/h4-6,12-13,16,18,23H,7-11H2,1-3H3. The number of piperidine rings is 1. The molecule has 3 rings (SSSR count). The van der Waals surface area contributed by atoms with Crippen molar-refractivity contribution >= 4 is 5.91 Å². The Morgan fingerprint density at radius 1 is 1.32 bits per heavy atom. The van der Waals surface area contributed by atoms with Crippen molar-refractivity contribution < 1.29 is 19.0 Å². The van der Waals surface area contributed by atoms with Gasteiger partial charge in [0, 0.05) is 25.3 Å². The number of nitrogens with zero attached hydrogens (tertiary/aromatic N) is 2. The normalized spacial score (nSPS) is 25.5. The summed E-state index contributed by atoms with van der Waals surface area (Å²) in [4.78, 5) is 16.4. The van der Waals surface area contributed by atoms with Gasteiger partial charge in [-0.15, -0.1) is 0 Å². The Balaban J connectivity index is 1.60. The molecule has 0 aliphatic carbocycles. The second-order valence-electron chi connectivity index (χ2n) is 7.35. The van der Waals surface area contributed by atoms with Gasteiger partial charge in [0.1, 0.15) is 0 Å². The number of hydrogen-bond donors (Lipinski definition) is 1. The van der Waals surface area contributed by atoms with Crippen LogP contribution in [0.25, 0.3) is 0 Å². The molecule has 1 N–H and O–H groups in total. The van der Waals surface area contributed by atoms with Gasteiger partial charge in [0.25, 0.3) is 5.91 Å². The van der Waals surface area contributed by atoms with Gasteiger partial charge in [0.15, 0.2) is 17.7 Å². The Morgan fingerprint density at radius 2 is 2.00 bits per heavy atom. The molecule has 0 spiro atoms. The fraction of sp³-hybridized carbons (Fsp3) is 0.632. The van der Waals surface area contributed by atoms with Crippen LogP contribution in [0.1, 0.15) is 32.3 Å². The van der Waals surface area contributed by atoms with Crippen LogP contribution in [0.3, 0.4) is 0 Å². The molecule has 0 radical (unpaired) electrons. The zero-order valence-corrected chi connectivity index (χ0v) is 15.1. The largest absolute Gasteiger partial charge is 0.505 e. The summed E-state index contributed by atoms with van der Waals surface area (Å²) in [5, 5.41) is 9.84. The average Bonchev–Trinajstić information content (AvgIpc) is 2.58. The fourth-order valence-electron chi connectivity index (χ4n) is 4.20. The van der Waals surface area contributed by atoms with Crippen LogP contribution in [-0.2, 0) is 16.1 Å². The van der Waals surface area contributed by atoms with E-state index >= 15 is 0 Å². The number of phenolic OH excluding ortho intramolecular Hbond substituents is 1. The molecule has 2 heterocycles. The van der Waals surface area contributed by atoms with E-state index in [0.29, 0.717) is 18.0 Å². The monoisotopic (exact) mass is 350 g/mol. The summed E-state index contributed by atoms with van der Waals surface area (Å²) in [6.45, 7) is 6.36. The lowest BCUT2D eigenvalue weighted by molar-refractivity contribution is -0.181. The summed E-state index contributed by atoms with van der Waals surface area (Å²) >= 11 is 0. The number of halogens is 1. The maximum atomic E-state index is 13.5. The number of methoxy groups -OCH3 is 1. The number of benzene rings is 1. The van der Waals surface area contributed by atoms with Gasteiger partial charge in [-0.05, 0) is 51.8 Å². The van der Waals surface area contributed by atoms with Crippen LogP contribution in [0.2, 0.25) is 0 Å². The second kappa shape index (κ2) is 7.30. The molecule has 0 saturated carbocycles. The number of para-hydroxylation sites is 1. The molecular formula is C19H27FN2O3. The van der Waals surface area contributed by atoms with Crippen molar-refractivity contribution in [2.45, 2.75) is 51.4 Å². The minimum absolute atomic E-state index is 0.0922. The summed E-state index contributed by atoms with van der Waals surface area (Å²) in [6, 6.07) is 5.00. The molecule has 2 fully saturated rings.